The van der Waals surface area contributed by atoms with E-state index in [9.17, 15) is 0 Å². The van der Waals surface area contributed by atoms with Crippen molar-refractivity contribution in [2.75, 3.05) is 21.3 Å². The van der Waals surface area contributed by atoms with Gasteiger partial charge in [-0.1, -0.05) is 6.92 Å². The summed E-state index contributed by atoms with van der Waals surface area (Å²) in [7, 11) is 2.56. The minimum Gasteiger partial charge on any atom is -0.377 e. The Kier molecular flexibility index (Phi) is 6.49. The van der Waals surface area contributed by atoms with Crippen molar-refractivity contribution in [3.63, 3.8) is 0 Å². The van der Waals surface area contributed by atoms with E-state index in [1.54, 1.807) is 21.3 Å². The van der Waals surface area contributed by atoms with E-state index in [-0.39, 0.29) is 0 Å². The fourth-order valence-corrected chi connectivity index (χ4v) is 3.61. The van der Waals surface area contributed by atoms with Crippen molar-refractivity contribution in [3.8, 4) is 0 Å². The number of hydrogen-bond acceptors (Lipinski definition) is 3. The van der Waals surface area contributed by atoms with Crippen LogP contribution in [0.2, 0.25) is 6.04 Å². The van der Waals surface area contributed by atoms with E-state index >= 15 is 0 Å². The van der Waals surface area contributed by atoms with Gasteiger partial charge in [0, 0.05) is 45.9 Å². The molecule has 0 amide bonds. The predicted octanol–water partition coefficient (Wildman–Crippen LogP) is 1.80. The van der Waals surface area contributed by atoms with E-state index in [0.717, 1.165) is 25.4 Å². The number of pyridine rings is 1. The van der Waals surface area contributed by atoms with E-state index in [1.807, 2.05) is 0 Å². The Morgan fingerprint density at radius 3 is 2.06 bits per heavy atom. The maximum absolute atomic E-state index is 5.40. The van der Waals surface area contributed by atoms with Gasteiger partial charge in [-0.25, -0.2) is 4.57 Å². The minimum atomic E-state index is -2.40. The third-order valence-electron chi connectivity index (χ3n) is 3.20. The second-order valence-electron chi connectivity index (χ2n) is 4.20. The van der Waals surface area contributed by atoms with Crippen LogP contribution in [0.3, 0.4) is 0 Å². The second kappa shape index (κ2) is 7.63. The average molecular weight is 270 g/mol. The third kappa shape index (κ3) is 4.17. The molecule has 1 rings (SSSR count). The molecule has 1 heterocycles. The standard InChI is InChI=1S/C13H24NO3Si/c1-5-13-7-10-14(11-8-13)9-6-12-18(15-2,16-3)17-4/h7-8,10-11H,5-6,9,12H2,1-4H3/q+1. The lowest BCUT2D eigenvalue weighted by molar-refractivity contribution is -0.697. The first kappa shape index (κ1) is 15.3. The molecule has 0 unspecified atom stereocenters. The fourth-order valence-electron chi connectivity index (χ4n) is 1.91. The van der Waals surface area contributed by atoms with Crippen molar-refractivity contribution in [2.24, 2.45) is 0 Å². The van der Waals surface area contributed by atoms with Crippen LogP contribution < -0.4 is 4.57 Å². The molecule has 0 atom stereocenters. The molecule has 0 saturated carbocycles. The molecule has 0 bridgehead atoms. The molecule has 0 spiro atoms. The molecule has 0 fully saturated rings. The highest BCUT2D eigenvalue weighted by Crippen LogP contribution is 2.14. The Balaban J connectivity index is 2.44. The summed E-state index contributed by atoms with van der Waals surface area (Å²) in [4.78, 5) is 0. The second-order valence-corrected chi connectivity index (χ2v) is 7.29. The predicted molar refractivity (Wildman–Crippen MR) is 72.2 cm³/mol. The van der Waals surface area contributed by atoms with Gasteiger partial charge in [-0.3, -0.25) is 0 Å². The Morgan fingerprint density at radius 1 is 1.06 bits per heavy atom. The van der Waals surface area contributed by atoms with Crippen LogP contribution in [0.15, 0.2) is 24.5 Å². The van der Waals surface area contributed by atoms with Gasteiger partial charge >= 0.3 is 8.80 Å². The molecule has 1 aromatic heterocycles. The molecule has 0 aliphatic carbocycles. The van der Waals surface area contributed by atoms with Crippen LogP contribution in [0.1, 0.15) is 18.9 Å². The van der Waals surface area contributed by atoms with Crippen LogP contribution >= 0.6 is 0 Å². The lowest BCUT2D eigenvalue weighted by Crippen LogP contribution is -2.44. The highest BCUT2D eigenvalue weighted by atomic mass is 28.4. The molecule has 0 radical (unpaired) electrons. The summed E-state index contributed by atoms with van der Waals surface area (Å²) in [6, 6.07) is 5.15. The Bertz CT molecular complexity index is 330. The average Bonchev–Trinajstić information content (AvgIpc) is 2.45. The number of hydrogen-bond donors (Lipinski definition) is 0. The van der Waals surface area contributed by atoms with Gasteiger partial charge < -0.3 is 13.3 Å². The SMILES string of the molecule is CCc1cc[n+](CCC[Si](OC)(OC)OC)cc1. The summed E-state index contributed by atoms with van der Waals surface area (Å²) in [5.74, 6) is 0. The number of aryl methyl sites for hydroxylation is 2. The van der Waals surface area contributed by atoms with Crippen LogP contribution in [-0.2, 0) is 26.2 Å². The largest absolute Gasteiger partial charge is 0.500 e. The number of nitrogens with zero attached hydrogens (tertiary/aromatic N) is 1. The molecule has 0 aromatic carbocycles. The van der Waals surface area contributed by atoms with Crippen LogP contribution in [0.4, 0.5) is 0 Å². The topological polar surface area (TPSA) is 31.6 Å². The molecule has 0 N–H and O–H groups in total. The lowest BCUT2D eigenvalue weighted by atomic mass is 10.2. The molecular formula is C13H24NO3Si+. The van der Waals surface area contributed by atoms with E-state index in [4.69, 9.17) is 13.3 Å². The van der Waals surface area contributed by atoms with Crippen molar-refractivity contribution < 1.29 is 17.8 Å². The van der Waals surface area contributed by atoms with Gasteiger partial charge in [-0.2, -0.15) is 0 Å². The van der Waals surface area contributed by atoms with E-state index in [2.05, 4.69) is 36.0 Å². The Morgan fingerprint density at radius 2 is 1.61 bits per heavy atom. The van der Waals surface area contributed by atoms with Crippen molar-refractivity contribution in [3.05, 3.63) is 30.1 Å². The Hall–Kier alpha value is -0.753. The van der Waals surface area contributed by atoms with Gasteiger partial charge in [-0.15, -0.1) is 0 Å². The summed E-state index contributed by atoms with van der Waals surface area (Å²) < 4.78 is 18.4. The first-order chi connectivity index (χ1) is 8.69. The van der Waals surface area contributed by atoms with E-state index in [1.165, 1.54) is 5.56 Å². The molecule has 0 aliphatic rings. The first-order valence-electron chi connectivity index (χ1n) is 6.33. The zero-order chi connectivity index (χ0) is 13.4. The smallest absolute Gasteiger partial charge is 0.377 e. The zero-order valence-electron chi connectivity index (χ0n) is 11.8. The van der Waals surface area contributed by atoms with Crippen molar-refractivity contribution in [2.45, 2.75) is 32.4 Å². The van der Waals surface area contributed by atoms with Gasteiger partial charge in [0.1, 0.15) is 6.54 Å². The minimum absolute atomic E-state index is 0.832. The van der Waals surface area contributed by atoms with Crippen LogP contribution in [0.5, 0.6) is 0 Å². The summed E-state index contributed by atoms with van der Waals surface area (Å²) in [5.41, 5.74) is 1.36. The van der Waals surface area contributed by atoms with Gasteiger partial charge in [-0.05, 0) is 12.0 Å². The van der Waals surface area contributed by atoms with E-state index in [0.29, 0.717) is 0 Å². The lowest BCUT2D eigenvalue weighted by Gasteiger charge is -2.23. The first-order valence-corrected chi connectivity index (χ1v) is 8.26. The number of rotatable bonds is 8. The van der Waals surface area contributed by atoms with Crippen molar-refractivity contribution in [1.29, 1.82) is 0 Å². The zero-order valence-corrected chi connectivity index (χ0v) is 12.8. The molecule has 1 aromatic rings. The van der Waals surface area contributed by atoms with Crippen molar-refractivity contribution >= 4 is 8.80 Å². The van der Waals surface area contributed by atoms with Crippen LogP contribution in [0, 0.1) is 0 Å². The van der Waals surface area contributed by atoms with Crippen LogP contribution in [0.25, 0.3) is 0 Å². The summed E-state index contributed by atoms with van der Waals surface area (Å²) in [6.07, 6.45) is 6.30. The van der Waals surface area contributed by atoms with E-state index < -0.39 is 8.80 Å². The molecule has 5 heteroatoms. The molecule has 0 saturated heterocycles. The highest BCUT2D eigenvalue weighted by Gasteiger charge is 2.37. The number of aromatic nitrogens is 1. The third-order valence-corrected chi connectivity index (χ3v) is 6.03. The van der Waals surface area contributed by atoms with Gasteiger partial charge in [0.05, 0.1) is 0 Å². The van der Waals surface area contributed by atoms with Crippen molar-refractivity contribution in [1.82, 2.24) is 0 Å². The molecular weight excluding hydrogens is 246 g/mol. The quantitative estimate of drug-likeness (QED) is 0.533. The maximum atomic E-state index is 5.40. The monoisotopic (exact) mass is 270 g/mol. The summed E-state index contributed by atoms with van der Waals surface area (Å²) >= 11 is 0. The highest BCUT2D eigenvalue weighted by molar-refractivity contribution is 6.60. The fraction of sp³-hybridized carbons (Fsp3) is 0.615. The summed E-state index contributed by atoms with van der Waals surface area (Å²) in [5, 5.41) is 0. The molecule has 4 nitrogen and oxygen atoms in total. The molecule has 0 aliphatic heterocycles. The summed E-state index contributed by atoms with van der Waals surface area (Å²) in [6.45, 7) is 3.12. The van der Waals surface area contributed by atoms with Gasteiger partial charge in [0.25, 0.3) is 0 Å². The molecule has 102 valence electrons. The van der Waals surface area contributed by atoms with Crippen LogP contribution in [-0.4, -0.2) is 30.1 Å². The van der Waals surface area contributed by atoms with Gasteiger partial charge in [0.2, 0.25) is 0 Å². The maximum Gasteiger partial charge on any atom is 0.500 e. The Labute approximate surface area is 111 Å². The molecule has 18 heavy (non-hydrogen) atoms. The van der Waals surface area contributed by atoms with Gasteiger partial charge in [0.15, 0.2) is 12.4 Å². The normalized spacial score (nSPS) is 11.8.